The molecule has 0 amide bonds. The van der Waals surface area contributed by atoms with Crippen molar-refractivity contribution in [1.29, 1.82) is 0 Å². The highest BCUT2D eigenvalue weighted by atomic mass is 19.4. The maximum Gasteiger partial charge on any atom is 0.433 e. The van der Waals surface area contributed by atoms with Crippen LogP contribution in [0.5, 0.6) is 11.5 Å². The molecule has 4 heterocycles. The van der Waals surface area contributed by atoms with Crippen LogP contribution in [-0.4, -0.2) is 45.0 Å². The zero-order chi connectivity index (χ0) is 22.5. The Bertz CT molecular complexity index is 1100. The number of hydrogen-bond donors (Lipinski definition) is 1. The first-order valence-corrected chi connectivity index (χ1v) is 10.6. The summed E-state index contributed by atoms with van der Waals surface area (Å²) in [6.45, 7) is 4.58. The summed E-state index contributed by atoms with van der Waals surface area (Å²) in [7, 11) is 0. The number of pyridine rings is 1. The molecule has 170 valence electrons. The van der Waals surface area contributed by atoms with E-state index in [1.54, 1.807) is 22.9 Å². The Balaban J connectivity index is 1.27. The van der Waals surface area contributed by atoms with Crippen LogP contribution >= 0.6 is 0 Å². The van der Waals surface area contributed by atoms with E-state index >= 15 is 0 Å². The number of halogens is 3. The number of piperidine rings is 1. The van der Waals surface area contributed by atoms with Crippen molar-refractivity contribution >= 4 is 0 Å². The molecule has 1 fully saturated rings. The third-order valence-corrected chi connectivity index (χ3v) is 6.36. The van der Waals surface area contributed by atoms with Crippen molar-refractivity contribution in [3.63, 3.8) is 0 Å². The second-order valence-electron chi connectivity index (χ2n) is 8.69. The van der Waals surface area contributed by atoms with Gasteiger partial charge >= 0.3 is 6.18 Å². The molecule has 0 atom stereocenters. The molecule has 1 aromatic carbocycles. The first-order chi connectivity index (χ1) is 15.2. The van der Waals surface area contributed by atoms with Crippen molar-refractivity contribution in [1.82, 2.24) is 14.5 Å². The number of rotatable bonds is 4. The molecule has 4 aliphatic heterocycles. The third-order valence-electron chi connectivity index (χ3n) is 6.36. The number of likely N-dealkylation sites (tertiary alicyclic amines) is 1. The number of hydrogen-bond acceptors (Lipinski definition) is 5. The van der Waals surface area contributed by atoms with Crippen LogP contribution in [0.4, 0.5) is 13.2 Å². The topological polar surface area (TPSA) is 59.8 Å². The first kappa shape index (κ1) is 21.1. The van der Waals surface area contributed by atoms with Crippen molar-refractivity contribution in [2.75, 3.05) is 19.9 Å². The van der Waals surface area contributed by atoms with Gasteiger partial charge in [-0.25, -0.2) is 4.98 Å². The Labute approximate surface area is 183 Å². The number of fused-ring (bicyclic) bond motifs is 2. The molecule has 0 bridgehead atoms. The number of ether oxygens (including phenoxy) is 2. The number of nitrogens with zero attached hydrogens (tertiary/aromatic N) is 3. The van der Waals surface area contributed by atoms with Crippen LogP contribution in [0, 0.1) is 6.92 Å². The lowest BCUT2D eigenvalue weighted by Gasteiger charge is -2.39. The van der Waals surface area contributed by atoms with Gasteiger partial charge in [-0.1, -0.05) is 0 Å². The standard InChI is InChI=1S/C23H24F3N3O3/c1-15-9-18-19(32-14-31-18)10-17(15)12-28-7-4-22(30,5-8-28)13-29-6-2-3-16-11-20(23(24,25)26)27-21(16)29/h2-3,6,9-11,30H,4-5,7-8,12-14H2,1H3. The van der Waals surface area contributed by atoms with Crippen LogP contribution in [0.25, 0.3) is 11.4 Å². The average Bonchev–Trinajstić information content (AvgIpc) is 3.37. The highest BCUT2D eigenvalue weighted by Gasteiger charge is 2.37. The van der Waals surface area contributed by atoms with E-state index in [9.17, 15) is 18.3 Å². The van der Waals surface area contributed by atoms with E-state index in [0.717, 1.165) is 35.2 Å². The van der Waals surface area contributed by atoms with Crippen LogP contribution in [0.3, 0.4) is 0 Å². The number of benzene rings is 1. The zero-order valence-electron chi connectivity index (χ0n) is 17.7. The third kappa shape index (κ3) is 4.02. The fourth-order valence-corrected chi connectivity index (χ4v) is 4.47. The summed E-state index contributed by atoms with van der Waals surface area (Å²) in [6.07, 6.45) is -1.78. The largest absolute Gasteiger partial charge is 0.454 e. The van der Waals surface area contributed by atoms with Crippen molar-refractivity contribution in [3.8, 4) is 22.9 Å². The van der Waals surface area contributed by atoms with E-state index in [1.165, 1.54) is 0 Å². The normalized spacial score (nSPS) is 18.4. The van der Waals surface area contributed by atoms with Crippen molar-refractivity contribution in [2.45, 2.75) is 44.6 Å². The van der Waals surface area contributed by atoms with E-state index in [-0.39, 0.29) is 19.2 Å². The Morgan fingerprint density at radius 1 is 1.12 bits per heavy atom. The predicted octanol–water partition coefficient (Wildman–Crippen LogP) is 4.07. The second kappa shape index (κ2) is 7.67. The fourth-order valence-electron chi connectivity index (χ4n) is 4.47. The van der Waals surface area contributed by atoms with Crippen LogP contribution in [0.2, 0.25) is 0 Å². The van der Waals surface area contributed by atoms with Gasteiger partial charge in [0.15, 0.2) is 11.5 Å². The summed E-state index contributed by atoms with van der Waals surface area (Å²) >= 11 is 0. The molecular weight excluding hydrogens is 423 g/mol. The molecule has 0 aliphatic carbocycles. The summed E-state index contributed by atoms with van der Waals surface area (Å²) in [5.41, 5.74) is 0.781. The van der Waals surface area contributed by atoms with Crippen LogP contribution in [-0.2, 0) is 19.3 Å². The molecule has 0 radical (unpaired) electrons. The van der Waals surface area contributed by atoms with Gasteiger partial charge in [0.1, 0.15) is 11.5 Å². The van der Waals surface area contributed by atoms with Gasteiger partial charge in [-0.3, -0.25) is 4.90 Å². The van der Waals surface area contributed by atoms with Gasteiger partial charge in [-0.2, -0.15) is 13.2 Å². The molecule has 9 heteroatoms. The number of aromatic nitrogens is 2. The number of aliphatic hydroxyl groups is 1. The second-order valence-corrected chi connectivity index (χ2v) is 8.69. The minimum absolute atomic E-state index is 0.204. The maximum atomic E-state index is 13.1. The Kier molecular flexibility index (Phi) is 5.05. The summed E-state index contributed by atoms with van der Waals surface area (Å²) in [6, 6.07) is 8.33. The molecule has 0 saturated carbocycles. The molecule has 1 aromatic rings. The van der Waals surface area contributed by atoms with Gasteiger partial charge in [0.2, 0.25) is 6.79 Å². The van der Waals surface area contributed by atoms with Gasteiger partial charge < -0.3 is 19.1 Å². The van der Waals surface area contributed by atoms with Gasteiger partial charge in [-0.15, -0.1) is 0 Å². The number of aryl methyl sites for hydroxylation is 1. The Morgan fingerprint density at radius 3 is 2.56 bits per heavy atom. The summed E-state index contributed by atoms with van der Waals surface area (Å²) in [4.78, 5) is 6.05. The minimum atomic E-state index is -4.49. The van der Waals surface area contributed by atoms with Crippen molar-refractivity contribution in [3.05, 3.63) is 53.3 Å². The van der Waals surface area contributed by atoms with Gasteiger partial charge in [0.25, 0.3) is 0 Å². The molecule has 5 rings (SSSR count). The molecule has 6 nitrogen and oxygen atoms in total. The summed E-state index contributed by atoms with van der Waals surface area (Å²) in [5.74, 6) is 1.76. The SMILES string of the molecule is Cc1cc2c(cc1CN1CCC(O)(Cn3cccc4cc(C(F)(F)F)nc3-4)CC1)OCO2. The maximum absolute atomic E-state index is 13.1. The van der Waals surface area contributed by atoms with Crippen LogP contribution in [0.15, 0.2) is 36.5 Å². The minimum Gasteiger partial charge on any atom is -0.454 e. The molecule has 0 spiro atoms. The Hall–Kier alpha value is -2.78. The van der Waals surface area contributed by atoms with E-state index in [1.807, 2.05) is 19.1 Å². The zero-order valence-corrected chi connectivity index (χ0v) is 17.7. The molecule has 0 unspecified atom stereocenters. The summed E-state index contributed by atoms with van der Waals surface area (Å²) < 4.78 is 51.7. The highest BCUT2D eigenvalue weighted by Crippen LogP contribution is 2.37. The molecule has 1 N–H and O–H groups in total. The number of alkyl halides is 3. The lowest BCUT2D eigenvalue weighted by Crippen LogP contribution is -2.46. The molecule has 1 saturated heterocycles. The van der Waals surface area contributed by atoms with Gasteiger partial charge in [0, 0.05) is 31.4 Å². The fraction of sp³-hybridized carbons (Fsp3) is 0.435. The average molecular weight is 447 g/mol. The predicted molar refractivity (Wildman–Crippen MR) is 111 cm³/mol. The van der Waals surface area contributed by atoms with E-state index < -0.39 is 17.5 Å². The monoisotopic (exact) mass is 447 g/mol. The van der Waals surface area contributed by atoms with Crippen LogP contribution < -0.4 is 9.47 Å². The lowest BCUT2D eigenvalue weighted by atomic mass is 9.90. The molecule has 32 heavy (non-hydrogen) atoms. The first-order valence-electron chi connectivity index (χ1n) is 10.6. The van der Waals surface area contributed by atoms with Crippen molar-refractivity contribution in [2.24, 2.45) is 0 Å². The van der Waals surface area contributed by atoms with E-state index in [0.29, 0.717) is 31.5 Å². The lowest BCUT2D eigenvalue weighted by molar-refractivity contribution is -0.140. The quantitative estimate of drug-likeness (QED) is 0.654. The van der Waals surface area contributed by atoms with Crippen LogP contribution in [0.1, 0.15) is 29.7 Å². The molecule has 4 aliphatic rings. The Morgan fingerprint density at radius 2 is 1.84 bits per heavy atom. The summed E-state index contributed by atoms with van der Waals surface area (Å²) in [5, 5.41) is 11.2. The highest BCUT2D eigenvalue weighted by molar-refractivity contribution is 5.59. The van der Waals surface area contributed by atoms with Crippen molar-refractivity contribution < 1.29 is 27.8 Å². The van der Waals surface area contributed by atoms with E-state index in [4.69, 9.17) is 9.47 Å². The molecule has 0 aromatic heterocycles. The smallest absolute Gasteiger partial charge is 0.433 e. The van der Waals surface area contributed by atoms with Gasteiger partial charge in [-0.05, 0) is 61.2 Å². The van der Waals surface area contributed by atoms with Gasteiger partial charge in [0.05, 0.1) is 12.1 Å². The van der Waals surface area contributed by atoms with E-state index in [2.05, 4.69) is 9.88 Å². The molecular formula is C23H24F3N3O3.